The number of aromatic nitrogens is 3. The molecule has 0 spiro atoms. The fraction of sp³-hybridized carbons (Fsp3) is 0.304. The van der Waals surface area contributed by atoms with E-state index in [1.807, 2.05) is 6.92 Å². The van der Waals surface area contributed by atoms with Crippen LogP contribution in [-0.4, -0.2) is 25.4 Å². The van der Waals surface area contributed by atoms with E-state index in [0.717, 1.165) is 5.56 Å². The van der Waals surface area contributed by atoms with E-state index in [0.29, 0.717) is 22.5 Å². The first-order chi connectivity index (χ1) is 14.6. The van der Waals surface area contributed by atoms with Gasteiger partial charge in [0.25, 0.3) is 5.56 Å². The molecule has 162 valence electrons. The Morgan fingerprint density at radius 3 is 2.48 bits per heavy atom. The lowest BCUT2D eigenvalue weighted by Gasteiger charge is -2.21. The van der Waals surface area contributed by atoms with Crippen molar-refractivity contribution in [1.29, 1.82) is 0 Å². The molecule has 31 heavy (non-hydrogen) atoms. The number of rotatable bonds is 5. The van der Waals surface area contributed by atoms with Crippen LogP contribution in [0.3, 0.4) is 0 Å². The number of hydrogen-bond donors (Lipinski definition) is 2. The van der Waals surface area contributed by atoms with Gasteiger partial charge >= 0.3 is 5.69 Å². The second-order valence-electron chi connectivity index (χ2n) is 7.82. The topological polar surface area (TPSA) is 105 Å². The summed E-state index contributed by atoms with van der Waals surface area (Å²) in [6.45, 7) is 8.54. The van der Waals surface area contributed by atoms with Crippen LogP contribution < -0.4 is 11.2 Å². The predicted octanol–water partition coefficient (Wildman–Crippen LogP) is 3.35. The van der Waals surface area contributed by atoms with Crippen molar-refractivity contribution >= 4 is 17.4 Å². The van der Waals surface area contributed by atoms with E-state index in [9.17, 15) is 19.5 Å². The lowest BCUT2D eigenvalue weighted by atomic mass is 9.95. The van der Waals surface area contributed by atoms with Gasteiger partial charge in [-0.3, -0.25) is 24.1 Å². The number of pyridine rings is 1. The van der Waals surface area contributed by atoms with E-state index in [1.165, 1.54) is 10.8 Å². The average Bonchev–Trinajstić information content (AvgIpc) is 2.68. The lowest BCUT2D eigenvalue weighted by Crippen LogP contribution is -2.38. The Bertz CT molecular complexity index is 1310. The summed E-state index contributed by atoms with van der Waals surface area (Å²) in [6.07, 6.45) is 1.52. The first-order valence-corrected chi connectivity index (χ1v) is 10.2. The molecule has 8 heteroatoms. The smallest absolute Gasteiger partial charge is 0.333 e. The molecule has 2 aromatic heterocycles. The highest BCUT2D eigenvalue weighted by Gasteiger charge is 2.28. The highest BCUT2D eigenvalue weighted by atomic mass is 35.5. The van der Waals surface area contributed by atoms with Gasteiger partial charge in [0.1, 0.15) is 5.69 Å². The Kier molecular flexibility index (Phi) is 6.29. The largest absolute Gasteiger partial charge is 0.392 e. The number of carbonyl (C=O) groups excluding carboxylic acids is 1. The standard InChI is InChI=1S/C23H24ClN3O4/c1-11(2)18-20(21(29)16-7-6-12(3)8-17(16)24)27(23(31)26-22(18)30)19-13(4)15(10-28)9-25-14(19)5/h6-9,11,28H,10H2,1-5H3,(H,26,30,31). The van der Waals surface area contributed by atoms with Crippen LogP contribution >= 0.6 is 11.6 Å². The number of carbonyl (C=O) groups is 1. The molecule has 7 nitrogen and oxygen atoms in total. The van der Waals surface area contributed by atoms with Crippen molar-refractivity contribution in [3.05, 3.63) is 89.5 Å². The molecule has 0 saturated carbocycles. The quantitative estimate of drug-likeness (QED) is 0.591. The Morgan fingerprint density at radius 1 is 1.23 bits per heavy atom. The minimum absolute atomic E-state index is 0.0578. The zero-order valence-electron chi connectivity index (χ0n) is 18.0. The molecule has 0 bridgehead atoms. The lowest BCUT2D eigenvalue weighted by molar-refractivity contribution is 0.102. The van der Waals surface area contributed by atoms with E-state index in [4.69, 9.17) is 11.6 Å². The number of aryl methyl sites for hydroxylation is 2. The third-order valence-corrected chi connectivity index (χ3v) is 5.61. The number of aliphatic hydroxyl groups excluding tert-OH is 1. The van der Waals surface area contributed by atoms with Crippen molar-refractivity contribution < 1.29 is 9.90 Å². The van der Waals surface area contributed by atoms with Crippen LogP contribution in [0.15, 0.2) is 34.0 Å². The minimum atomic E-state index is -0.760. The van der Waals surface area contributed by atoms with Gasteiger partial charge in [-0.1, -0.05) is 31.5 Å². The van der Waals surface area contributed by atoms with Crippen LogP contribution in [-0.2, 0) is 6.61 Å². The first-order valence-electron chi connectivity index (χ1n) is 9.84. The van der Waals surface area contributed by atoms with E-state index in [2.05, 4.69) is 9.97 Å². The van der Waals surface area contributed by atoms with E-state index >= 15 is 0 Å². The highest BCUT2D eigenvalue weighted by molar-refractivity contribution is 6.35. The first kappa shape index (κ1) is 22.7. The van der Waals surface area contributed by atoms with Crippen LogP contribution in [0.2, 0.25) is 5.02 Å². The molecule has 0 atom stereocenters. The van der Waals surface area contributed by atoms with Gasteiger partial charge in [0.15, 0.2) is 0 Å². The van der Waals surface area contributed by atoms with Crippen LogP contribution in [0.5, 0.6) is 0 Å². The fourth-order valence-corrected chi connectivity index (χ4v) is 4.02. The Morgan fingerprint density at radius 2 is 1.90 bits per heavy atom. The Hall–Kier alpha value is -3.03. The highest BCUT2D eigenvalue weighted by Crippen LogP contribution is 2.27. The molecule has 0 radical (unpaired) electrons. The normalized spacial score (nSPS) is 11.2. The van der Waals surface area contributed by atoms with Crippen LogP contribution in [0.25, 0.3) is 5.69 Å². The molecule has 0 aliphatic rings. The number of aromatic amines is 1. The molecule has 0 unspecified atom stereocenters. The van der Waals surface area contributed by atoms with Gasteiger partial charge in [0, 0.05) is 22.9 Å². The summed E-state index contributed by atoms with van der Waals surface area (Å²) in [5, 5.41) is 9.92. The van der Waals surface area contributed by atoms with Crippen molar-refractivity contribution in [2.24, 2.45) is 0 Å². The molecule has 0 saturated heterocycles. The van der Waals surface area contributed by atoms with Gasteiger partial charge in [-0.25, -0.2) is 4.79 Å². The van der Waals surface area contributed by atoms with Crippen molar-refractivity contribution in [1.82, 2.24) is 14.5 Å². The zero-order valence-corrected chi connectivity index (χ0v) is 18.8. The maximum atomic E-state index is 13.7. The van der Waals surface area contributed by atoms with Gasteiger partial charge in [-0.05, 0) is 49.9 Å². The number of aliphatic hydroxyl groups is 1. The van der Waals surface area contributed by atoms with Crippen molar-refractivity contribution in [3.63, 3.8) is 0 Å². The SMILES string of the molecule is Cc1ccc(C(=O)c2c(C(C)C)c(=O)[nH]c(=O)n2-c2c(C)ncc(CO)c2C)c(Cl)c1. The van der Waals surface area contributed by atoms with Crippen LogP contribution in [0, 0.1) is 20.8 Å². The third kappa shape index (κ3) is 3.98. The zero-order chi connectivity index (χ0) is 23.0. The summed E-state index contributed by atoms with van der Waals surface area (Å²) in [5.41, 5.74) is 1.72. The van der Waals surface area contributed by atoms with Gasteiger partial charge in [0.2, 0.25) is 5.78 Å². The average molecular weight is 442 g/mol. The summed E-state index contributed by atoms with van der Waals surface area (Å²) >= 11 is 6.35. The number of hydrogen-bond acceptors (Lipinski definition) is 5. The molecule has 3 aromatic rings. The second kappa shape index (κ2) is 8.61. The molecule has 0 amide bonds. The maximum Gasteiger partial charge on any atom is 0.333 e. The molecule has 0 aliphatic heterocycles. The number of halogens is 1. The molecular formula is C23H24ClN3O4. The molecule has 3 rings (SSSR count). The molecule has 2 N–H and O–H groups in total. The van der Waals surface area contributed by atoms with Gasteiger partial charge in [0.05, 0.1) is 23.0 Å². The summed E-state index contributed by atoms with van der Waals surface area (Å²) in [6, 6.07) is 4.99. The van der Waals surface area contributed by atoms with Crippen LogP contribution in [0.1, 0.15) is 63.8 Å². The number of benzene rings is 1. The van der Waals surface area contributed by atoms with Gasteiger partial charge in [-0.2, -0.15) is 0 Å². The molecule has 2 heterocycles. The Balaban J connectivity index is 2.50. The molecule has 0 aliphatic carbocycles. The van der Waals surface area contributed by atoms with E-state index in [1.54, 1.807) is 45.9 Å². The van der Waals surface area contributed by atoms with E-state index in [-0.39, 0.29) is 34.4 Å². The van der Waals surface area contributed by atoms with Crippen molar-refractivity contribution in [3.8, 4) is 5.69 Å². The summed E-state index contributed by atoms with van der Waals surface area (Å²) in [5.74, 6) is -0.890. The predicted molar refractivity (Wildman–Crippen MR) is 120 cm³/mol. The maximum absolute atomic E-state index is 13.7. The molecular weight excluding hydrogens is 418 g/mol. The van der Waals surface area contributed by atoms with Crippen molar-refractivity contribution in [2.45, 2.75) is 47.1 Å². The molecule has 0 fully saturated rings. The van der Waals surface area contributed by atoms with E-state index < -0.39 is 17.0 Å². The Labute approximate surface area is 184 Å². The molecule has 1 aromatic carbocycles. The number of ketones is 1. The number of nitrogens with zero attached hydrogens (tertiary/aromatic N) is 2. The monoisotopic (exact) mass is 441 g/mol. The summed E-state index contributed by atoms with van der Waals surface area (Å²) in [4.78, 5) is 46.1. The van der Waals surface area contributed by atoms with Gasteiger partial charge < -0.3 is 5.11 Å². The van der Waals surface area contributed by atoms with Gasteiger partial charge in [-0.15, -0.1) is 0 Å². The number of H-pyrrole nitrogens is 1. The summed E-state index contributed by atoms with van der Waals surface area (Å²) in [7, 11) is 0. The summed E-state index contributed by atoms with van der Waals surface area (Å²) < 4.78 is 1.19. The third-order valence-electron chi connectivity index (χ3n) is 5.30. The second-order valence-corrected chi connectivity index (χ2v) is 8.23. The van der Waals surface area contributed by atoms with Crippen LogP contribution in [0.4, 0.5) is 0 Å². The fourth-order valence-electron chi connectivity index (χ4n) is 3.70. The number of nitrogens with one attached hydrogen (secondary N) is 1. The minimum Gasteiger partial charge on any atom is -0.392 e. The van der Waals surface area contributed by atoms with Crippen molar-refractivity contribution in [2.75, 3.05) is 0 Å².